The van der Waals surface area contributed by atoms with Gasteiger partial charge in [-0.15, -0.1) is 0 Å². The van der Waals surface area contributed by atoms with E-state index in [2.05, 4.69) is 12.2 Å². The van der Waals surface area contributed by atoms with E-state index in [9.17, 15) is 4.79 Å². The Bertz CT molecular complexity index is 176. The largest absolute Gasteiger partial charge is 0.352 e. The summed E-state index contributed by atoms with van der Waals surface area (Å²) in [5.41, 5.74) is 5.77. The van der Waals surface area contributed by atoms with Crippen LogP contribution < -0.4 is 11.1 Å². The molecule has 1 unspecified atom stereocenters. The molecule has 0 saturated heterocycles. The van der Waals surface area contributed by atoms with Crippen molar-refractivity contribution in [2.45, 2.75) is 64.0 Å². The number of unbranched alkanes of at least 4 members (excludes halogenated alkanes) is 1. The zero-order chi connectivity index (χ0) is 10.4. The zero-order valence-corrected chi connectivity index (χ0v) is 9.09. The number of amides is 1. The predicted octanol–water partition coefficient (Wildman–Crippen LogP) is 1.56. The highest BCUT2D eigenvalue weighted by molar-refractivity contribution is 5.81. The molecule has 1 aliphatic rings. The van der Waals surface area contributed by atoms with Crippen molar-refractivity contribution in [1.82, 2.24) is 5.32 Å². The molecule has 0 bridgehead atoms. The highest BCUT2D eigenvalue weighted by Gasteiger charge is 2.20. The molecule has 0 aromatic heterocycles. The summed E-state index contributed by atoms with van der Waals surface area (Å²) in [6, 6.07) is 0.103. The normalized spacial score (nSPS) is 19.6. The number of nitrogens with one attached hydrogen (secondary N) is 1. The van der Waals surface area contributed by atoms with Crippen molar-refractivity contribution in [2.75, 3.05) is 0 Å². The SMILES string of the molecule is CCCCC(N)C(=O)NC1CCCC1. The van der Waals surface area contributed by atoms with Crippen LogP contribution in [0.2, 0.25) is 0 Å². The van der Waals surface area contributed by atoms with E-state index in [1.807, 2.05) is 0 Å². The van der Waals surface area contributed by atoms with E-state index in [-0.39, 0.29) is 11.9 Å². The number of hydrogen-bond acceptors (Lipinski definition) is 2. The fourth-order valence-electron chi connectivity index (χ4n) is 1.93. The lowest BCUT2D eigenvalue weighted by molar-refractivity contribution is -0.123. The number of carbonyl (C=O) groups is 1. The Morgan fingerprint density at radius 1 is 1.50 bits per heavy atom. The molecule has 1 amide bonds. The van der Waals surface area contributed by atoms with Crippen LogP contribution in [0.5, 0.6) is 0 Å². The maximum Gasteiger partial charge on any atom is 0.237 e. The first-order valence-corrected chi connectivity index (χ1v) is 5.80. The third-order valence-corrected chi connectivity index (χ3v) is 2.91. The van der Waals surface area contributed by atoms with E-state index in [0.717, 1.165) is 32.1 Å². The van der Waals surface area contributed by atoms with Crippen molar-refractivity contribution in [1.29, 1.82) is 0 Å². The molecular weight excluding hydrogens is 176 g/mol. The maximum absolute atomic E-state index is 11.6. The summed E-state index contributed by atoms with van der Waals surface area (Å²) in [4.78, 5) is 11.6. The van der Waals surface area contributed by atoms with E-state index in [0.29, 0.717) is 6.04 Å². The van der Waals surface area contributed by atoms with Crippen LogP contribution in [0.1, 0.15) is 51.9 Å². The van der Waals surface area contributed by atoms with E-state index >= 15 is 0 Å². The third-order valence-electron chi connectivity index (χ3n) is 2.91. The Hall–Kier alpha value is -0.570. The molecule has 1 rings (SSSR count). The van der Waals surface area contributed by atoms with Crippen LogP contribution in [0, 0.1) is 0 Å². The standard InChI is InChI=1S/C11H22N2O/c1-2-3-8-10(12)11(14)13-9-6-4-5-7-9/h9-10H,2-8,12H2,1H3,(H,13,14). The topological polar surface area (TPSA) is 55.1 Å². The molecular formula is C11H22N2O. The van der Waals surface area contributed by atoms with Gasteiger partial charge in [-0.25, -0.2) is 0 Å². The third kappa shape index (κ3) is 3.66. The fraction of sp³-hybridized carbons (Fsp3) is 0.909. The molecule has 0 spiro atoms. The van der Waals surface area contributed by atoms with Crippen molar-refractivity contribution in [3.05, 3.63) is 0 Å². The molecule has 1 atom stereocenters. The van der Waals surface area contributed by atoms with Crippen molar-refractivity contribution < 1.29 is 4.79 Å². The average molecular weight is 198 g/mol. The molecule has 3 heteroatoms. The lowest BCUT2D eigenvalue weighted by Crippen LogP contribution is -2.44. The molecule has 0 aliphatic heterocycles. The molecule has 3 N–H and O–H groups in total. The van der Waals surface area contributed by atoms with Crippen LogP contribution >= 0.6 is 0 Å². The first kappa shape index (κ1) is 11.5. The first-order chi connectivity index (χ1) is 6.74. The van der Waals surface area contributed by atoms with E-state index in [1.54, 1.807) is 0 Å². The van der Waals surface area contributed by atoms with E-state index in [4.69, 9.17) is 5.73 Å². The number of nitrogens with two attached hydrogens (primary N) is 1. The second-order valence-corrected chi connectivity index (χ2v) is 4.24. The van der Waals surface area contributed by atoms with Crippen molar-refractivity contribution in [3.63, 3.8) is 0 Å². The summed E-state index contributed by atoms with van der Waals surface area (Å²) in [6.45, 7) is 2.11. The molecule has 0 heterocycles. The van der Waals surface area contributed by atoms with Gasteiger partial charge in [-0.05, 0) is 19.3 Å². The maximum atomic E-state index is 11.6. The second-order valence-electron chi connectivity index (χ2n) is 4.24. The van der Waals surface area contributed by atoms with Gasteiger partial charge in [0.2, 0.25) is 5.91 Å². The van der Waals surface area contributed by atoms with Gasteiger partial charge in [-0.1, -0.05) is 32.6 Å². The predicted molar refractivity (Wildman–Crippen MR) is 57.9 cm³/mol. The van der Waals surface area contributed by atoms with Gasteiger partial charge in [0, 0.05) is 6.04 Å². The van der Waals surface area contributed by atoms with Gasteiger partial charge in [-0.3, -0.25) is 4.79 Å². The van der Waals surface area contributed by atoms with Crippen molar-refractivity contribution >= 4 is 5.91 Å². The lowest BCUT2D eigenvalue weighted by atomic mass is 10.1. The first-order valence-electron chi connectivity index (χ1n) is 5.80. The summed E-state index contributed by atoms with van der Waals surface area (Å²) in [6.07, 6.45) is 7.71. The minimum Gasteiger partial charge on any atom is -0.352 e. The van der Waals surface area contributed by atoms with Crippen LogP contribution in [0.15, 0.2) is 0 Å². The monoisotopic (exact) mass is 198 g/mol. The second kappa shape index (κ2) is 6.02. The van der Waals surface area contributed by atoms with E-state index in [1.165, 1.54) is 12.8 Å². The Morgan fingerprint density at radius 2 is 2.14 bits per heavy atom. The molecule has 82 valence electrons. The molecule has 1 aliphatic carbocycles. The Morgan fingerprint density at radius 3 is 2.71 bits per heavy atom. The summed E-state index contributed by atoms with van der Waals surface area (Å²) >= 11 is 0. The molecule has 0 radical (unpaired) electrons. The summed E-state index contributed by atoms with van der Waals surface area (Å²) in [7, 11) is 0. The van der Waals surface area contributed by atoms with Crippen LogP contribution in [-0.4, -0.2) is 18.0 Å². The van der Waals surface area contributed by atoms with Crippen molar-refractivity contribution in [3.8, 4) is 0 Å². The van der Waals surface area contributed by atoms with Gasteiger partial charge in [0.25, 0.3) is 0 Å². The molecule has 14 heavy (non-hydrogen) atoms. The van der Waals surface area contributed by atoms with Crippen LogP contribution in [0.25, 0.3) is 0 Å². The zero-order valence-electron chi connectivity index (χ0n) is 9.09. The number of hydrogen-bond donors (Lipinski definition) is 2. The highest BCUT2D eigenvalue weighted by Crippen LogP contribution is 2.17. The Labute approximate surface area is 86.4 Å². The minimum atomic E-state index is -0.296. The van der Waals surface area contributed by atoms with Crippen LogP contribution in [0.3, 0.4) is 0 Å². The van der Waals surface area contributed by atoms with Gasteiger partial charge in [0.1, 0.15) is 0 Å². The number of rotatable bonds is 5. The van der Waals surface area contributed by atoms with Gasteiger partial charge in [0.05, 0.1) is 6.04 Å². The van der Waals surface area contributed by atoms with Gasteiger partial charge in [-0.2, -0.15) is 0 Å². The summed E-state index contributed by atoms with van der Waals surface area (Å²) in [5, 5.41) is 3.02. The van der Waals surface area contributed by atoms with Crippen LogP contribution in [-0.2, 0) is 4.79 Å². The number of carbonyl (C=O) groups excluding carboxylic acids is 1. The lowest BCUT2D eigenvalue weighted by Gasteiger charge is -2.16. The minimum absolute atomic E-state index is 0.0466. The van der Waals surface area contributed by atoms with E-state index < -0.39 is 0 Å². The molecule has 1 saturated carbocycles. The smallest absolute Gasteiger partial charge is 0.237 e. The Kier molecular flexibility index (Phi) is 4.94. The fourth-order valence-corrected chi connectivity index (χ4v) is 1.93. The molecule has 0 aromatic carbocycles. The Balaban J connectivity index is 2.18. The summed E-state index contributed by atoms with van der Waals surface area (Å²) < 4.78 is 0. The van der Waals surface area contributed by atoms with Gasteiger partial charge >= 0.3 is 0 Å². The van der Waals surface area contributed by atoms with Gasteiger partial charge < -0.3 is 11.1 Å². The molecule has 3 nitrogen and oxygen atoms in total. The molecule has 0 aromatic rings. The van der Waals surface area contributed by atoms with Crippen LogP contribution in [0.4, 0.5) is 0 Å². The highest BCUT2D eigenvalue weighted by atomic mass is 16.2. The average Bonchev–Trinajstić information content (AvgIpc) is 2.66. The molecule has 1 fully saturated rings. The van der Waals surface area contributed by atoms with Gasteiger partial charge in [0.15, 0.2) is 0 Å². The quantitative estimate of drug-likeness (QED) is 0.704. The van der Waals surface area contributed by atoms with Crippen molar-refractivity contribution in [2.24, 2.45) is 5.73 Å². The summed E-state index contributed by atoms with van der Waals surface area (Å²) in [5.74, 6) is 0.0466.